The highest BCUT2D eigenvalue weighted by Crippen LogP contribution is 2.46. The largest absolute Gasteiger partial charge is 0.454 e. The van der Waals surface area contributed by atoms with Crippen LogP contribution in [0.15, 0.2) is 180 Å². The van der Waals surface area contributed by atoms with E-state index < -0.39 is 0 Å². The minimum atomic E-state index is 0.875. The first-order chi connectivity index (χ1) is 25.8. The molecule has 3 aromatic heterocycles. The third-order valence-corrected chi connectivity index (χ3v) is 12.7. The Labute approximate surface area is 308 Å². The molecular formula is C48H29NOS2. The first-order valence-corrected chi connectivity index (χ1v) is 19.1. The lowest BCUT2D eigenvalue weighted by Gasteiger charge is -2.26. The molecule has 4 heteroatoms. The SMILES string of the molecule is c1cc(-c2cccc3c2sc2ccccc23)cc(N(c2ccc(-c3cccc4c3sc3ccccc34)cc2)c2cccc3c2oc2ccccc23)c1. The van der Waals surface area contributed by atoms with Crippen LogP contribution in [0.3, 0.4) is 0 Å². The van der Waals surface area contributed by atoms with Crippen molar-refractivity contribution in [3.8, 4) is 22.3 Å². The Morgan fingerprint density at radius 1 is 0.385 bits per heavy atom. The van der Waals surface area contributed by atoms with Crippen molar-refractivity contribution >= 4 is 102 Å². The molecule has 0 saturated carbocycles. The summed E-state index contributed by atoms with van der Waals surface area (Å²) in [6.07, 6.45) is 0. The van der Waals surface area contributed by atoms with Gasteiger partial charge in [0.1, 0.15) is 5.58 Å². The number of hydrogen-bond acceptors (Lipinski definition) is 4. The fraction of sp³-hybridized carbons (Fsp3) is 0. The molecular weight excluding hydrogens is 671 g/mol. The Hall–Kier alpha value is -6.20. The second-order valence-electron chi connectivity index (χ2n) is 13.2. The topological polar surface area (TPSA) is 16.4 Å². The Bertz CT molecular complexity index is 3150. The molecule has 11 aromatic rings. The molecule has 0 atom stereocenters. The van der Waals surface area contributed by atoms with Gasteiger partial charge in [-0.05, 0) is 70.8 Å². The summed E-state index contributed by atoms with van der Waals surface area (Å²) in [7, 11) is 0. The average molecular weight is 700 g/mol. The summed E-state index contributed by atoms with van der Waals surface area (Å²) < 4.78 is 11.9. The van der Waals surface area contributed by atoms with E-state index in [-0.39, 0.29) is 0 Å². The molecule has 0 saturated heterocycles. The van der Waals surface area contributed by atoms with E-state index in [0.29, 0.717) is 0 Å². The van der Waals surface area contributed by atoms with E-state index in [2.05, 4.69) is 175 Å². The molecule has 0 fully saturated rings. The smallest absolute Gasteiger partial charge is 0.159 e. The van der Waals surface area contributed by atoms with Crippen LogP contribution in [-0.4, -0.2) is 0 Å². The van der Waals surface area contributed by atoms with Crippen molar-refractivity contribution in [2.24, 2.45) is 0 Å². The Morgan fingerprint density at radius 2 is 0.942 bits per heavy atom. The summed E-state index contributed by atoms with van der Waals surface area (Å²) in [6, 6.07) is 63.6. The van der Waals surface area contributed by atoms with Crippen LogP contribution >= 0.6 is 22.7 Å². The molecule has 0 unspecified atom stereocenters. The van der Waals surface area contributed by atoms with Crippen LogP contribution in [-0.2, 0) is 0 Å². The van der Waals surface area contributed by atoms with Gasteiger partial charge in [-0.1, -0.05) is 127 Å². The van der Waals surface area contributed by atoms with Crippen molar-refractivity contribution in [2.75, 3.05) is 4.90 Å². The van der Waals surface area contributed by atoms with Crippen molar-refractivity contribution in [3.05, 3.63) is 176 Å². The number of para-hydroxylation sites is 2. The van der Waals surface area contributed by atoms with Crippen LogP contribution < -0.4 is 4.90 Å². The first kappa shape index (κ1) is 29.5. The summed E-state index contributed by atoms with van der Waals surface area (Å²) in [6.45, 7) is 0. The average Bonchev–Trinajstić information content (AvgIpc) is 3.90. The van der Waals surface area contributed by atoms with Crippen molar-refractivity contribution in [2.45, 2.75) is 0 Å². The molecule has 11 rings (SSSR count). The number of thiophene rings is 2. The molecule has 0 aliphatic heterocycles. The lowest BCUT2D eigenvalue weighted by molar-refractivity contribution is 0.669. The molecule has 2 nitrogen and oxygen atoms in total. The second-order valence-corrected chi connectivity index (χ2v) is 15.4. The monoisotopic (exact) mass is 699 g/mol. The number of benzene rings is 8. The predicted octanol–water partition coefficient (Wildman–Crippen LogP) is 15.1. The van der Waals surface area contributed by atoms with Crippen LogP contribution in [0.25, 0.3) is 84.5 Å². The van der Waals surface area contributed by atoms with E-state index in [0.717, 1.165) is 39.0 Å². The molecule has 0 spiro atoms. The molecule has 0 amide bonds. The number of rotatable bonds is 5. The molecule has 0 aliphatic carbocycles. The highest BCUT2D eigenvalue weighted by atomic mass is 32.1. The third-order valence-electron chi connectivity index (χ3n) is 10.3. The fourth-order valence-electron chi connectivity index (χ4n) is 7.89. The van der Waals surface area contributed by atoms with Crippen LogP contribution in [0.2, 0.25) is 0 Å². The molecule has 0 radical (unpaired) electrons. The van der Waals surface area contributed by atoms with Crippen molar-refractivity contribution in [3.63, 3.8) is 0 Å². The van der Waals surface area contributed by atoms with E-state index in [1.807, 2.05) is 28.7 Å². The molecule has 3 heterocycles. The Balaban J connectivity index is 1.10. The van der Waals surface area contributed by atoms with Crippen molar-refractivity contribution in [1.29, 1.82) is 0 Å². The maximum Gasteiger partial charge on any atom is 0.159 e. The molecule has 0 aliphatic rings. The summed E-state index contributed by atoms with van der Waals surface area (Å²) in [5.74, 6) is 0. The van der Waals surface area contributed by atoms with Crippen LogP contribution in [0.4, 0.5) is 17.1 Å². The van der Waals surface area contributed by atoms with E-state index >= 15 is 0 Å². The molecule has 8 aromatic carbocycles. The van der Waals surface area contributed by atoms with Gasteiger partial charge in [0.25, 0.3) is 0 Å². The number of furan rings is 1. The van der Waals surface area contributed by atoms with Gasteiger partial charge in [0.2, 0.25) is 0 Å². The number of fused-ring (bicyclic) bond motifs is 9. The van der Waals surface area contributed by atoms with Crippen LogP contribution in [0.5, 0.6) is 0 Å². The fourth-order valence-corrected chi connectivity index (χ4v) is 10.4. The maximum atomic E-state index is 6.65. The predicted molar refractivity (Wildman–Crippen MR) is 225 cm³/mol. The van der Waals surface area contributed by atoms with E-state index in [1.165, 1.54) is 62.6 Å². The molecule has 0 bridgehead atoms. The highest BCUT2D eigenvalue weighted by Gasteiger charge is 2.21. The highest BCUT2D eigenvalue weighted by molar-refractivity contribution is 7.26. The Morgan fingerprint density at radius 3 is 1.65 bits per heavy atom. The number of nitrogens with zero attached hydrogens (tertiary/aromatic N) is 1. The summed E-state index contributed by atoms with van der Waals surface area (Å²) >= 11 is 3.74. The summed E-state index contributed by atoms with van der Waals surface area (Å²) in [5.41, 5.74) is 9.80. The van der Waals surface area contributed by atoms with Gasteiger partial charge in [-0.3, -0.25) is 0 Å². The minimum absolute atomic E-state index is 0.875. The van der Waals surface area contributed by atoms with Gasteiger partial charge >= 0.3 is 0 Å². The lowest BCUT2D eigenvalue weighted by Crippen LogP contribution is -2.10. The van der Waals surface area contributed by atoms with Gasteiger partial charge in [0, 0.05) is 62.5 Å². The molecule has 0 N–H and O–H groups in total. The van der Waals surface area contributed by atoms with Gasteiger partial charge in [0.05, 0.1) is 5.69 Å². The van der Waals surface area contributed by atoms with Crippen LogP contribution in [0, 0.1) is 0 Å². The maximum absolute atomic E-state index is 6.65. The van der Waals surface area contributed by atoms with Crippen molar-refractivity contribution in [1.82, 2.24) is 0 Å². The lowest BCUT2D eigenvalue weighted by atomic mass is 10.0. The zero-order valence-electron chi connectivity index (χ0n) is 27.9. The summed E-state index contributed by atoms with van der Waals surface area (Å²) in [4.78, 5) is 2.35. The third kappa shape index (κ3) is 4.55. The quantitative estimate of drug-likeness (QED) is 0.178. The van der Waals surface area contributed by atoms with Crippen molar-refractivity contribution < 1.29 is 4.42 Å². The normalized spacial score (nSPS) is 11.8. The second kappa shape index (κ2) is 11.7. The molecule has 52 heavy (non-hydrogen) atoms. The van der Waals surface area contributed by atoms with Gasteiger partial charge < -0.3 is 9.32 Å². The minimum Gasteiger partial charge on any atom is -0.454 e. The first-order valence-electron chi connectivity index (χ1n) is 17.5. The zero-order chi connectivity index (χ0) is 34.2. The van der Waals surface area contributed by atoms with Gasteiger partial charge in [0.15, 0.2) is 5.58 Å². The van der Waals surface area contributed by atoms with Gasteiger partial charge in [-0.25, -0.2) is 0 Å². The van der Waals surface area contributed by atoms with E-state index in [1.54, 1.807) is 0 Å². The molecule has 244 valence electrons. The van der Waals surface area contributed by atoms with Crippen LogP contribution in [0.1, 0.15) is 0 Å². The standard InChI is InChI=1S/C48H29NOS2/c1-4-22-43-36(13-1)39-18-10-21-42(46(39)50-43)49(32-27-25-30(26-28-32)34-16-8-19-40-37-14-2-5-23-44(37)51-47(34)40)33-12-7-11-31(29-33)35-17-9-20-41-38-15-3-6-24-45(38)52-48(35)41/h1-29H. The van der Waals surface area contributed by atoms with Gasteiger partial charge in [-0.2, -0.15) is 0 Å². The Kier molecular flexibility index (Phi) is 6.63. The van der Waals surface area contributed by atoms with Gasteiger partial charge in [-0.15, -0.1) is 22.7 Å². The zero-order valence-corrected chi connectivity index (χ0v) is 29.5. The number of hydrogen-bond donors (Lipinski definition) is 0. The van der Waals surface area contributed by atoms with E-state index in [9.17, 15) is 0 Å². The van der Waals surface area contributed by atoms with E-state index in [4.69, 9.17) is 4.42 Å². The summed E-state index contributed by atoms with van der Waals surface area (Å²) in [5, 5.41) is 7.47. The number of anilines is 3.